The molecule has 0 saturated carbocycles. The van der Waals surface area contributed by atoms with Crippen molar-refractivity contribution in [2.24, 2.45) is 0 Å². The second-order valence-corrected chi connectivity index (χ2v) is 6.72. The highest BCUT2D eigenvalue weighted by Gasteiger charge is 2.40. The van der Waals surface area contributed by atoms with Gasteiger partial charge in [0, 0.05) is 23.7 Å². The lowest BCUT2D eigenvalue weighted by Crippen LogP contribution is -2.71. The third-order valence-electron chi connectivity index (χ3n) is 4.07. The summed E-state index contributed by atoms with van der Waals surface area (Å²) in [5.41, 5.74) is 0.414. The Morgan fingerprint density at radius 2 is 1.67 bits per heavy atom. The molecule has 0 radical (unpaired) electrons. The van der Waals surface area contributed by atoms with Crippen LogP contribution in [0.4, 0.5) is 5.69 Å². The second-order valence-electron chi connectivity index (χ2n) is 5.87. The Morgan fingerprint density at radius 3 is 2.25 bits per heavy atom. The number of halogens is 2. The quantitative estimate of drug-likeness (QED) is 0.649. The maximum absolute atomic E-state index is 12.7. The smallest absolute Gasteiger partial charge is 0.243 e. The van der Waals surface area contributed by atoms with Crippen molar-refractivity contribution in [3.63, 3.8) is 0 Å². The molecule has 4 atom stereocenters. The fourth-order valence-electron chi connectivity index (χ4n) is 2.59. The fraction of sp³-hybridized carbons (Fsp3) is 0.500. The summed E-state index contributed by atoms with van der Waals surface area (Å²) in [6.45, 7) is 6.25. The number of piperazine rings is 1. The van der Waals surface area contributed by atoms with Gasteiger partial charge in [0.2, 0.25) is 11.8 Å². The number of rotatable bonds is 4. The van der Waals surface area contributed by atoms with Crippen LogP contribution in [0.1, 0.15) is 20.8 Å². The molecule has 132 valence electrons. The molecule has 1 saturated heterocycles. The molecule has 24 heavy (non-hydrogen) atoms. The van der Waals surface area contributed by atoms with E-state index in [1.807, 2.05) is 20.8 Å². The average Bonchev–Trinajstić information content (AvgIpc) is 2.53. The number of carbonyl (C=O) groups excluding carboxylic acids is 2. The van der Waals surface area contributed by atoms with E-state index in [1.54, 1.807) is 18.2 Å². The van der Waals surface area contributed by atoms with E-state index in [1.165, 1.54) is 0 Å². The fourth-order valence-corrected chi connectivity index (χ4v) is 2.93. The number of anilines is 1. The molecular weight excluding hydrogens is 351 g/mol. The summed E-state index contributed by atoms with van der Waals surface area (Å²) < 4.78 is 0. The van der Waals surface area contributed by atoms with Gasteiger partial charge in [-0.25, -0.2) is 0 Å². The molecule has 1 aromatic rings. The minimum atomic E-state index is -0.724. The summed E-state index contributed by atoms with van der Waals surface area (Å²) in [6.07, 6.45) is 0. The van der Waals surface area contributed by atoms with Crippen molar-refractivity contribution < 1.29 is 9.59 Å². The Morgan fingerprint density at radius 1 is 1.08 bits per heavy atom. The van der Waals surface area contributed by atoms with E-state index < -0.39 is 12.1 Å². The molecule has 4 unspecified atom stereocenters. The first-order chi connectivity index (χ1) is 11.3. The van der Waals surface area contributed by atoms with Crippen molar-refractivity contribution in [2.75, 3.05) is 11.9 Å². The van der Waals surface area contributed by atoms with Crippen LogP contribution in [0.15, 0.2) is 18.2 Å². The molecular formula is C16H22Cl2N4O2. The van der Waals surface area contributed by atoms with Crippen LogP contribution in [0.3, 0.4) is 0 Å². The number of amides is 2. The van der Waals surface area contributed by atoms with E-state index >= 15 is 0 Å². The van der Waals surface area contributed by atoms with Gasteiger partial charge in [0.25, 0.3) is 0 Å². The van der Waals surface area contributed by atoms with Gasteiger partial charge in [0.05, 0.1) is 10.7 Å². The molecule has 0 aliphatic carbocycles. The predicted molar refractivity (Wildman–Crippen MR) is 96.5 cm³/mol. The molecule has 2 amide bonds. The number of benzene rings is 1. The van der Waals surface area contributed by atoms with Gasteiger partial charge in [0.15, 0.2) is 0 Å². The zero-order valence-corrected chi connectivity index (χ0v) is 15.3. The molecule has 0 bridgehead atoms. The molecule has 4 N–H and O–H groups in total. The third kappa shape index (κ3) is 4.39. The third-order valence-corrected chi connectivity index (χ3v) is 4.64. The van der Waals surface area contributed by atoms with Crippen molar-refractivity contribution in [1.82, 2.24) is 16.0 Å². The van der Waals surface area contributed by atoms with Gasteiger partial charge < -0.3 is 21.3 Å². The van der Waals surface area contributed by atoms with Crippen molar-refractivity contribution in [3.8, 4) is 0 Å². The summed E-state index contributed by atoms with van der Waals surface area (Å²) in [6, 6.07) is 3.51. The maximum Gasteiger partial charge on any atom is 0.243 e. The summed E-state index contributed by atoms with van der Waals surface area (Å²) >= 11 is 12.0. The van der Waals surface area contributed by atoms with E-state index in [-0.39, 0.29) is 23.9 Å². The molecule has 8 heteroatoms. The summed E-state index contributed by atoms with van der Waals surface area (Å²) in [7, 11) is 0. The lowest BCUT2D eigenvalue weighted by Gasteiger charge is -2.39. The van der Waals surface area contributed by atoms with Crippen LogP contribution in [-0.2, 0) is 9.59 Å². The van der Waals surface area contributed by atoms with Crippen LogP contribution >= 0.6 is 23.2 Å². The van der Waals surface area contributed by atoms with Gasteiger partial charge in [-0.2, -0.15) is 0 Å². The normalized spacial score (nSPS) is 26.7. The molecule has 0 spiro atoms. The largest absolute Gasteiger partial charge is 0.355 e. The van der Waals surface area contributed by atoms with Crippen molar-refractivity contribution >= 4 is 40.7 Å². The highest BCUT2D eigenvalue weighted by atomic mass is 35.5. The number of likely N-dealkylation sites (N-methyl/N-ethyl adjacent to an activating group) is 1. The number of nitrogens with one attached hydrogen (secondary N) is 4. The van der Waals surface area contributed by atoms with E-state index in [0.29, 0.717) is 22.3 Å². The van der Waals surface area contributed by atoms with E-state index in [9.17, 15) is 9.59 Å². The van der Waals surface area contributed by atoms with E-state index in [4.69, 9.17) is 23.2 Å². The highest BCUT2D eigenvalue weighted by molar-refractivity contribution is 6.35. The molecule has 1 fully saturated rings. The summed E-state index contributed by atoms with van der Waals surface area (Å²) in [4.78, 5) is 25.0. The van der Waals surface area contributed by atoms with Crippen molar-refractivity contribution in [3.05, 3.63) is 28.2 Å². The minimum Gasteiger partial charge on any atom is -0.355 e. The number of hydrogen-bond donors (Lipinski definition) is 4. The van der Waals surface area contributed by atoms with Crippen LogP contribution in [-0.4, -0.2) is 42.5 Å². The first kappa shape index (κ1) is 19.0. The molecule has 1 aliphatic heterocycles. The molecule has 6 nitrogen and oxygen atoms in total. The standard InChI is InChI=1S/C16H22Cl2N4O2/c1-4-19-15(23)13-14(21-9(3)8(2)20-13)16(24)22-12-7-10(17)5-6-11(12)18/h5-9,13-14,20-21H,4H2,1-3H3,(H,19,23)(H,22,24). The highest BCUT2D eigenvalue weighted by Crippen LogP contribution is 2.26. The molecule has 0 aromatic heterocycles. The zero-order chi connectivity index (χ0) is 17.9. The molecule has 2 rings (SSSR count). The SMILES string of the molecule is CCNC(=O)C1NC(C)C(C)NC1C(=O)Nc1cc(Cl)ccc1Cl. The molecule has 1 heterocycles. The predicted octanol–water partition coefficient (Wildman–Crippen LogP) is 1.78. The minimum absolute atomic E-state index is 0.0289. The van der Waals surface area contributed by atoms with Crippen LogP contribution in [0.2, 0.25) is 10.0 Å². The van der Waals surface area contributed by atoms with Gasteiger partial charge in [-0.3, -0.25) is 9.59 Å². The first-order valence-electron chi connectivity index (χ1n) is 7.89. The van der Waals surface area contributed by atoms with Gasteiger partial charge in [-0.1, -0.05) is 23.2 Å². The Labute approximate surface area is 151 Å². The summed E-state index contributed by atoms with van der Waals surface area (Å²) in [5, 5.41) is 12.7. The zero-order valence-electron chi connectivity index (χ0n) is 13.8. The lowest BCUT2D eigenvalue weighted by atomic mass is 9.97. The summed E-state index contributed by atoms with van der Waals surface area (Å²) in [5.74, 6) is -0.567. The second kappa shape index (κ2) is 8.16. The monoisotopic (exact) mass is 372 g/mol. The van der Waals surface area contributed by atoms with Gasteiger partial charge in [-0.05, 0) is 39.0 Å². The Hall–Kier alpha value is -1.34. The van der Waals surface area contributed by atoms with E-state index in [2.05, 4.69) is 21.3 Å². The van der Waals surface area contributed by atoms with Crippen LogP contribution in [0.25, 0.3) is 0 Å². The molecule has 1 aromatic carbocycles. The first-order valence-corrected chi connectivity index (χ1v) is 8.64. The van der Waals surface area contributed by atoms with Crippen LogP contribution in [0, 0.1) is 0 Å². The van der Waals surface area contributed by atoms with Crippen LogP contribution in [0.5, 0.6) is 0 Å². The Kier molecular flexibility index (Phi) is 6.46. The lowest BCUT2D eigenvalue weighted by molar-refractivity contribution is -0.129. The van der Waals surface area contributed by atoms with Crippen LogP contribution < -0.4 is 21.3 Å². The Bertz CT molecular complexity index is 626. The Balaban J connectivity index is 2.19. The van der Waals surface area contributed by atoms with E-state index in [0.717, 1.165) is 0 Å². The van der Waals surface area contributed by atoms with Gasteiger partial charge >= 0.3 is 0 Å². The number of hydrogen-bond acceptors (Lipinski definition) is 4. The van der Waals surface area contributed by atoms with Gasteiger partial charge in [-0.15, -0.1) is 0 Å². The maximum atomic E-state index is 12.7. The van der Waals surface area contributed by atoms with Crippen molar-refractivity contribution in [1.29, 1.82) is 0 Å². The average molecular weight is 373 g/mol. The number of carbonyl (C=O) groups is 2. The van der Waals surface area contributed by atoms with Crippen molar-refractivity contribution in [2.45, 2.75) is 44.9 Å². The topological polar surface area (TPSA) is 82.3 Å². The molecule has 1 aliphatic rings. The van der Waals surface area contributed by atoms with Gasteiger partial charge in [0.1, 0.15) is 12.1 Å².